The molecule has 1 saturated heterocycles. The van der Waals surface area contributed by atoms with Crippen LogP contribution in [0.25, 0.3) is 0 Å². The van der Waals surface area contributed by atoms with Gasteiger partial charge in [-0.1, -0.05) is 22.9 Å². The van der Waals surface area contributed by atoms with Gasteiger partial charge in [-0.2, -0.15) is 17.0 Å². The molecule has 0 bridgehead atoms. The van der Waals surface area contributed by atoms with Crippen molar-refractivity contribution in [1.29, 1.82) is 0 Å². The van der Waals surface area contributed by atoms with Crippen molar-refractivity contribution in [2.24, 2.45) is 11.8 Å². The third kappa shape index (κ3) is 7.42. The molecule has 0 spiro atoms. The van der Waals surface area contributed by atoms with Crippen molar-refractivity contribution in [3.8, 4) is 5.75 Å². The van der Waals surface area contributed by atoms with Gasteiger partial charge in [0.05, 0.1) is 7.11 Å². The van der Waals surface area contributed by atoms with Gasteiger partial charge in [-0.05, 0) is 113 Å². The quantitative estimate of drug-likeness (QED) is 0.376. The second kappa shape index (κ2) is 13.0. The lowest BCUT2D eigenvalue weighted by molar-refractivity contribution is 0.168. The maximum atomic E-state index is 12.6. The molecule has 0 atom stereocenters. The number of likely N-dealkylation sites (tertiary alicyclic amines) is 1. The van der Waals surface area contributed by atoms with Crippen molar-refractivity contribution < 1.29 is 13.2 Å². The summed E-state index contributed by atoms with van der Waals surface area (Å²) in [5.74, 6) is 2.43. The Bertz CT molecular complexity index is 864. The lowest BCUT2D eigenvalue weighted by Gasteiger charge is -2.37. The summed E-state index contributed by atoms with van der Waals surface area (Å²) in [6, 6.07) is 6.43. The highest BCUT2D eigenvalue weighted by Crippen LogP contribution is 2.33. The van der Waals surface area contributed by atoms with E-state index < -0.39 is 10.2 Å². The largest absolute Gasteiger partial charge is 0.497 e. The molecule has 3 rings (SSSR count). The van der Waals surface area contributed by atoms with Gasteiger partial charge in [0, 0.05) is 31.2 Å². The molecule has 1 aliphatic carbocycles. The van der Waals surface area contributed by atoms with Gasteiger partial charge in [0.25, 0.3) is 10.2 Å². The van der Waals surface area contributed by atoms with Crippen LogP contribution in [0.5, 0.6) is 5.75 Å². The van der Waals surface area contributed by atoms with Gasteiger partial charge >= 0.3 is 0 Å². The van der Waals surface area contributed by atoms with Crippen LogP contribution in [0.3, 0.4) is 0 Å². The van der Waals surface area contributed by atoms with E-state index in [1.165, 1.54) is 59.7 Å². The van der Waals surface area contributed by atoms with Gasteiger partial charge in [-0.15, -0.1) is 0 Å². The van der Waals surface area contributed by atoms with E-state index in [9.17, 15) is 8.42 Å². The van der Waals surface area contributed by atoms with Crippen LogP contribution in [0.15, 0.2) is 22.7 Å². The van der Waals surface area contributed by atoms with E-state index in [-0.39, 0.29) is 6.04 Å². The number of ether oxygens (including phenoxy) is 1. The van der Waals surface area contributed by atoms with Crippen molar-refractivity contribution >= 4 is 26.1 Å². The SMILES string of the molecule is CCN([C@H]1CC[C@H](CCCN2CCC(Cc3cc(OC)ccc3Br)CC2)CC1)S(=O)(=O)N(C)C. The van der Waals surface area contributed by atoms with Gasteiger partial charge in [0.2, 0.25) is 0 Å². The average molecular weight is 559 g/mol. The number of piperidine rings is 1. The Hall–Kier alpha value is -0.670. The summed E-state index contributed by atoms with van der Waals surface area (Å²) in [7, 11) is 1.67. The molecule has 1 aromatic carbocycles. The fraction of sp³-hybridized carbons (Fsp3) is 0.769. The zero-order chi connectivity index (χ0) is 24.7. The highest BCUT2D eigenvalue weighted by atomic mass is 79.9. The first-order valence-corrected chi connectivity index (χ1v) is 15.2. The number of hydrogen-bond acceptors (Lipinski definition) is 4. The fourth-order valence-corrected chi connectivity index (χ4v) is 7.45. The summed E-state index contributed by atoms with van der Waals surface area (Å²) in [4.78, 5) is 2.64. The highest BCUT2D eigenvalue weighted by Gasteiger charge is 2.33. The molecule has 1 aliphatic heterocycles. The van der Waals surface area contributed by atoms with Gasteiger partial charge in [-0.3, -0.25) is 0 Å². The van der Waals surface area contributed by atoms with Crippen LogP contribution >= 0.6 is 15.9 Å². The third-order valence-corrected chi connectivity index (χ3v) is 10.7. The number of methoxy groups -OCH3 is 1. The highest BCUT2D eigenvalue weighted by molar-refractivity contribution is 9.10. The molecule has 2 aliphatic rings. The van der Waals surface area contributed by atoms with Crippen molar-refractivity contribution in [1.82, 2.24) is 13.5 Å². The standard InChI is InChI=1S/C26H44BrN3O3S/c1-5-30(34(31,32)28(2)3)24-10-8-21(9-11-24)7-6-16-29-17-14-22(15-18-29)19-23-20-25(33-4)12-13-26(23)27/h12-13,20-22,24H,5-11,14-19H2,1-4H3/t21-,24-. The van der Waals surface area contributed by atoms with E-state index in [1.54, 1.807) is 25.5 Å². The Labute approximate surface area is 216 Å². The monoisotopic (exact) mass is 557 g/mol. The van der Waals surface area contributed by atoms with Crippen LogP contribution in [0.4, 0.5) is 0 Å². The van der Waals surface area contributed by atoms with Crippen LogP contribution in [0.1, 0.15) is 63.9 Å². The molecule has 34 heavy (non-hydrogen) atoms. The van der Waals surface area contributed by atoms with Crippen LogP contribution in [0, 0.1) is 11.8 Å². The number of nitrogens with zero attached hydrogens (tertiary/aromatic N) is 3. The Balaban J connectivity index is 1.34. The lowest BCUT2D eigenvalue weighted by Crippen LogP contribution is -2.47. The Morgan fingerprint density at radius 1 is 1.06 bits per heavy atom. The summed E-state index contributed by atoms with van der Waals surface area (Å²) in [5.41, 5.74) is 1.36. The number of rotatable bonds is 11. The van der Waals surface area contributed by atoms with Crippen molar-refractivity contribution in [2.75, 3.05) is 47.4 Å². The molecular weight excluding hydrogens is 514 g/mol. The van der Waals surface area contributed by atoms with Crippen molar-refractivity contribution in [3.63, 3.8) is 0 Å². The molecule has 6 nitrogen and oxygen atoms in total. The van der Waals surface area contributed by atoms with E-state index in [2.05, 4.69) is 33.0 Å². The molecule has 1 aromatic rings. The molecule has 0 radical (unpaired) electrons. The minimum absolute atomic E-state index is 0.164. The molecule has 1 saturated carbocycles. The van der Waals surface area contributed by atoms with Gasteiger partial charge in [0.15, 0.2) is 0 Å². The molecule has 0 unspecified atom stereocenters. The predicted octanol–water partition coefficient (Wildman–Crippen LogP) is 5.18. The molecule has 8 heteroatoms. The fourth-order valence-electron chi connectivity index (χ4n) is 5.70. The average Bonchev–Trinajstić information content (AvgIpc) is 2.83. The Morgan fingerprint density at radius 2 is 1.74 bits per heavy atom. The first kappa shape index (κ1) is 27.9. The molecule has 0 N–H and O–H groups in total. The van der Waals surface area contributed by atoms with Crippen molar-refractivity contribution in [3.05, 3.63) is 28.2 Å². The number of benzene rings is 1. The molecule has 2 fully saturated rings. The second-order valence-corrected chi connectivity index (χ2v) is 13.2. The van der Waals surface area contributed by atoms with Gasteiger partial charge in [0.1, 0.15) is 5.75 Å². The second-order valence-electron chi connectivity index (χ2n) is 10.3. The maximum absolute atomic E-state index is 12.6. The van der Waals surface area contributed by atoms with Crippen LogP contribution in [-0.4, -0.2) is 75.4 Å². The minimum Gasteiger partial charge on any atom is -0.497 e. The Kier molecular flexibility index (Phi) is 10.7. The summed E-state index contributed by atoms with van der Waals surface area (Å²) < 4.78 is 34.8. The van der Waals surface area contributed by atoms with E-state index >= 15 is 0 Å². The summed E-state index contributed by atoms with van der Waals surface area (Å²) in [6.07, 6.45) is 10.5. The van der Waals surface area contributed by atoms with Crippen LogP contribution in [-0.2, 0) is 16.6 Å². The molecule has 0 amide bonds. The van der Waals surface area contributed by atoms with E-state index in [0.717, 1.165) is 49.7 Å². The van der Waals surface area contributed by atoms with E-state index in [1.807, 2.05) is 13.0 Å². The normalized spacial score (nSPS) is 23.0. The predicted molar refractivity (Wildman–Crippen MR) is 144 cm³/mol. The Morgan fingerprint density at radius 3 is 2.32 bits per heavy atom. The first-order valence-electron chi connectivity index (χ1n) is 13.0. The molecule has 194 valence electrons. The van der Waals surface area contributed by atoms with Crippen molar-refractivity contribution in [2.45, 2.75) is 70.8 Å². The smallest absolute Gasteiger partial charge is 0.281 e. The topological polar surface area (TPSA) is 53.1 Å². The molecular formula is C26H44BrN3O3S. The zero-order valence-corrected chi connectivity index (χ0v) is 23.9. The van der Waals surface area contributed by atoms with Crippen LogP contribution < -0.4 is 4.74 Å². The first-order chi connectivity index (χ1) is 16.2. The van der Waals surface area contributed by atoms with E-state index in [0.29, 0.717) is 6.54 Å². The summed E-state index contributed by atoms with van der Waals surface area (Å²) in [5, 5.41) is 0. The molecule has 0 aromatic heterocycles. The van der Waals surface area contributed by atoms with E-state index in [4.69, 9.17) is 4.74 Å². The maximum Gasteiger partial charge on any atom is 0.281 e. The molecule has 1 heterocycles. The minimum atomic E-state index is -3.32. The number of halogens is 1. The number of hydrogen-bond donors (Lipinski definition) is 0. The zero-order valence-electron chi connectivity index (χ0n) is 21.5. The van der Waals surface area contributed by atoms with Gasteiger partial charge in [-0.25, -0.2) is 0 Å². The summed E-state index contributed by atoms with van der Waals surface area (Å²) >= 11 is 3.70. The van der Waals surface area contributed by atoms with Gasteiger partial charge < -0.3 is 9.64 Å². The lowest BCUT2D eigenvalue weighted by atomic mass is 9.83. The third-order valence-electron chi connectivity index (χ3n) is 7.85. The van der Waals surface area contributed by atoms with Crippen LogP contribution in [0.2, 0.25) is 0 Å². The summed E-state index contributed by atoms with van der Waals surface area (Å²) in [6.45, 7) is 6.11.